The van der Waals surface area contributed by atoms with E-state index in [-0.39, 0.29) is 6.03 Å². The maximum atomic E-state index is 12.0. The summed E-state index contributed by atoms with van der Waals surface area (Å²) < 4.78 is 5.15. The van der Waals surface area contributed by atoms with E-state index >= 15 is 0 Å². The van der Waals surface area contributed by atoms with Crippen molar-refractivity contribution in [3.63, 3.8) is 0 Å². The summed E-state index contributed by atoms with van der Waals surface area (Å²) >= 11 is 0. The Hall–Kier alpha value is -3.15. The summed E-state index contributed by atoms with van der Waals surface area (Å²) in [5.41, 5.74) is 1.74. The molecule has 2 heterocycles. The number of nitrogens with one attached hydrogen (secondary N) is 2. The molecular weight excluding hydrogens is 292 g/mol. The van der Waals surface area contributed by atoms with Crippen molar-refractivity contribution in [3.8, 4) is 5.75 Å². The molecule has 0 fully saturated rings. The third-order valence-electron chi connectivity index (χ3n) is 3.32. The molecular formula is C17H16N4O2. The quantitative estimate of drug-likeness (QED) is 0.777. The Morgan fingerprint density at radius 2 is 2.13 bits per heavy atom. The third-order valence-corrected chi connectivity index (χ3v) is 3.32. The molecule has 6 heteroatoms. The van der Waals surface area contributed by atoms with Gasteiger partial charge < -0.3 is 10.1 Å². The molecule has 6 nitrogen and oxygen atoms in total. The molecule has 23 heavy (non-hydrogen) atoms. The average Bonchev–Trinajstić information content (AvgIpc) is 2.60. The van der Waals surface area contributed by atoms with Crippen molar-refractivity contribution in [1.82, 2.24) is 15.3 Å². The zero-order valence-corrected chi connectivity index (χ0v) is 12.6. The van der Waals surface area contributed by atoms with Crippen LogP contribution >= 0.6 is 0 Å². The molecule has 0 aliphatic heterocycles. The predicted octanol–water partition coefficient (Wildman–Crippen LogP) is 2.96. The number of ether oxygens (including phenoxy) is 1. The number of carbonyl (C=O) groups is 1. The molecule has 0 aliphatic carbocycles. The third kappa shape index (κ3) is 3.74. The number of carbonyl (C=O) groups excluding carboxylic acids is 1. The number of pyridine rings is 2. The minimum atomic E-state index is -0.311. The highest BCUT2D eigenvalue weighted by atomic mass is 16.5. The second-order valence-electron chi connectivity index (χ2n) is 4.92. The number of urea groups is 1. The van der Waals surface area contributed by atoms with Crippen LogP contribution in [0, 0.1) is 0 Å². The summed E-state index contributed by atoms with van der Waals surface area (Å²) in [5, 5.41) is 6.43. The number of methoxy groups -OCH3 is 1. The highest BCUT2D eigenvalue weighted by molar-refractivity contribution is 5.90. The van der Waals surface area contributed by atoms with E-state index in [1.54, 1.807) is 31.6 Å². The van der Waals surface area contributed by atoms with Crippen molar-refractivity contribution in [2.75, 3.05) is 12.4 Å². The maximum Gasteiger partial charge on any atom is 0.320 e. The van der Waals surface area contributed by atoms with Gasteiger partial charge in [-0.15, -0.1) is 0 Å². The van der Waals surface area contributed by atoms with Crippen molar-refractivity contribution in [2.45, 2.75) is 6.54 Å². The number of hydrogen-bond acceptors (Lipinski definition) is 4. The Morgan fingerprint density at radius 3 is 3.00 bits per heavy atom. The van der Waals surface area contributed by atoms with Gasteiger partial charge in [-0.2, -0.15) is 0 Å². The number of amides is 2. The first-order chi connectivity index (χ1) is 11.2. The molecule has 2 N–H and O–H groups in total. The average molecular weight is 308 g/mol. The molecule has 1 aromatic carbocycles. The maximum absolute atomic E-state index is 12.0. The van der Waals surface area contributed by atoms with Crippen molar-refractivity contribution in [2.24, 2.45) is 0 Å². The standard InChI is InChI=1S/C17H16N4O2/c1-23-14-4-2-3-12(9-14)10-19-17(22)21-16-6-5-13-11-18-8-7-15(13)20-16/h2-9,11H,10H2,1H3,(H2,19,20,21,22). The smallest absolute Gasteiger partial charge is 0.320 e. The van der Waals surface area contributed by atoms with Gasteiger partial charge in [-0.05, 0) is 35.9 Å². The van der Waals surface area contributed by atoms with Gasteiger partial charge in [-0.1, -0.05) is 12.1 Å². The van der Waals surface area contributed by atoms with Gasteiger partial charge in [0.1, 0.15) is 11.6 Å². The fourth-order valence-corrected chi connectivity index (χ4v) is 2.16. The largest absolute Gasteiger partial charge is 0.497 e. The molecule has 0 bridgehead atoms. The normalized spacial score (nSPS) is 10.3. The molecule has 0 saturated carbocycles. The monoisotopic (exact) mass is 308 g/mol. The topological polar surface area (TPSA) is 76.1 Å². The summed E-state index contributed by atoms with van der Waals surface area (Å²) in [6, 6.07) is 12.6. The molecule has 0 spiro atoms. The number of nitrogens with zero attached hydrogens (tertiary/aromatic N) is 2. The lowest BCUT2D eigenvalue weighted by Gasteiger charge is -2.08. The highest BCUT2D eigenvalue weighted by Gasteiger charge is 2.04. The first kappa shape index (κ1) is 14.8. The summed E-state index contributed by atoms with van der Waals surface area (Å²) in [5.74, 6) is 1.25. The van der Waals surface area contributed by atoms with E-state index in [9.17, 15) is 4.79 Å². The van der Waals surface area contributed by atoms with Crippen molar-refractivity contribution >= 4 is 22.8 Å². The minimum absolute atomic E-state index is 0.311. The zero-order chi connectivity index (χ0) is 16.1. The van der Waals surface area contributed by atoms with Crippen molar-refractivity contribution in [3.05, 3.63) is 60.4 Å². The van der Waals surface area contributed by atoms with Crippen LogP contribution in [0.5, 0.6) is 5.75 Å². The molecule has 0 atom stereocenters. The van der Waals surface area contributed by atoms with Crippen LogP contribution in [0.3, 0.4) is 0 Å². The van der Waals surface area contributed by atoms with Gasteiger partial charge in [0, 0.05) is 24.3 Å². The van der Waals surface area contributed by atoms with Crippen LogP contribution in [0.15, 0.2) is 54.9 Å². The predicted molar refractivity (Wildman–Crippen MR) is 88.4 cm³/mol. The number of aromatic nitrogens is 2. The Bertz CT molecular complexity index is 835. The van der Waals surface area contributed by atoms with Gasteiger partial charge in [0.2, 0.25) is 0 Å². The second kappa shape index (κ2) is 6.74. The van der Waals surface area contributed by atoms with Crippen LogP contribution in [-0.2, 0) is 6.54 Å². The fourth-order valence-electron chi connectivity index (χ4n) is 2.16. The lowest BCUT2D eigenvalue weighted by molar-refractivity contribution is 0.251. The van der Waals surface area contributed by atoms with E-state index in [1.807, 2.05) is 30.3 Å². The van der Waals surface area contributed by atoms with E-state index in [0.29, 0.717) is 12.4 Å². The number of rotatable bonds is 4. The Morgan fingerprint density at radius 1 is 1.22 bits per heavy atom. The Labute approximate surface area is 133 Å². The first-order valence-corrected chi connectivity index (χ1v) is 7.13. The Kier molecular flexibility index (Phi) is 4.33. The summed E-state index contributed by atoms with van der Waals surface area (Å²) in [7, 11) is 1.61. The molecule has 0 saturated heterocycles. The van der Waals surface area contributed by atoms with E-state index in [1.165, 1.54) is 0 Å². The molecule has 0 unspecified atom stereocenters. The van der Waals surface area contributed by atoms with Gasteiger partial charge in [-0.25, -0.2) is 9.78 Å². The SMILES string of the molecule is COc1cccc(CNC(=O)Nc2ccc3cnccc3n2)c1. The fraction of sp³-hybridized carbons (Fsp3) is 0.118. The molecule has 116 valence electrons. The van der Waals surface area contributed by atoms with Crippen LogP contribution in [0.2, 0.25) is 0 Å². The molecule has 0 radical (unpaired) electrons. The van der Waals surface area contributed by atoms with Crippen LogP contribution in [-0.4, -0.2) is 23.1 Å². The zero-order valence-electron chi connectivity index (χ0n) is 12.6. The molecule has 3 rings (SSSR count). The Balaban J connectivity index is 1.61. The van der Waals surface area contributed by atoms with Gasteiger partial charge in [-0.3, -0.25) is 10.3 Å². The van der Waals surface area contributed by atoms with Crippen molar-refractivity contribution in [1.29, 1.82) is 0 Å². The highest BCUT2D eigenvalue weighted by Crippen LogP contribution is 2.14. The summed E-state index contributed by atoms with van der Waals surface area (Å²) in [6.45, 7) is 0.403. The second-order valence-corrected chi connectivity index (χ2v) is 4.92. The lowest BCUT2D eigenvalue weighted by Crippen LogP contribution is -2.28. The molecule has 2 aromatic heterocycles. The van der Waals surface area contributed by atoms with Gasteiger partial charge in [0.05, 0.1) is 12.6 Å². The van der Waals surface area contributed by atoms with Gasteiger partial charge >= 0.3 is 6.03 Å². The van der Waals surface area contributed by atoms with E-state index in [4.69, 9.17) is 4.74 Å². The summed E-state index contributed by atoms with van der Waals surface area (Å²) in [4.78, 5) is 20.4. The van der Waals surface area contributed by atoms with Crippen LogP contribution in [0.1, 0.15) is 5.56 Å². The molecule has 3 aromatic rings. The van der Waals surface area contributed by atoms with Crippen molar-refractivity contribution < 1.29 is 9.53 Å². The molecule has 2 amide bonds. The van der Waals surface area contributed by atoms with E-state index in [2.05, 4.69) is 20.6 Å². The van der Waals surface area contributed by atoms with Crippen LogP contribution in [0.4, 0.5) is 10.6 Å². The summed E-state index contributed by atoms with van der Waals surface area (Å²) in [6.07, 6.45) is 3.40. The number of benzene rings is 1. The van der Waals surface area contributed by atoms with E-state index < -0.39 is 0 Å². The van der Waals surface area contributed by atoms with Gasteiger partial charge in [0.15, 0.2) is 0 Å². The molecule has 0 aliphatic rings. The lowest BCUT2D eigenvalue weighted by atomic mass is 10.2. The minimum Gasteiger partial charge on any atom is -0.497 e. The van der Waals surface area contributed by atoms with Gasteiger partial charge in [0.25, 0.3) is 0 Å². The number of fused-ring (bicyclic) bond motifs is 1. The first-order valence-electron chi connectivity index (χ1n) is 7.13. The number of hydrogen-bond donors (Lipinski definition) is 2. The number of anilines is 1. The van der Waals surface area contributed by atoms with Crippen LogP contribution < -0.4 is 15.4 Å². The van der Waals surface area contributed by atoms with Crippen LogP contribution in [0.25, 0.3) is 10.9 Å². The van der Waals surface area contributed by atoms with E-state index in [0.717, 1.165) is 22.2 Å².